The van der Waals surface area contributed by atoms with Crippen LogP contribution in [0.25, 0.3) is 0 Å². The lowest BCUT2D eigenvalue weighted by Crippen LogP contribution is -2.30. The first-order valence-electron chi connectivity index (χ1n) is 10.1. The Morgan fingerprint density at radius 1 is 1.28 bits per heavy atom. The van der Waals surface area contributed by atoms with Crippen molar-refractivity contribution in [1.82, 2.24) is 14.8 Å². The number of esters is 1. The molecule has 0 spiro atoms. The van der Waals surface area contributed by atoms with Crippen molar-refractivity contribution in [2.75, 3.05) is 5.32 Å². The van der Waals surface area contributed by atoms with Gasteiger partial charge in [-0.25, -0.2) is 9.48 Å². The van der Waals surface area contributed by atoms with Gasteiger partial charge in [-0.05, 0) is 50.1 Å². The first-order valence-corrected chi connectivity index (χ1v) is 12.3. The summed E-state index contributed by atoms with van der Waals surface area (Å²) in [5, 5.41) is 9.27. The molecule has 0 fully saturated rings. The summed E-state index contributed by atoms with van der Waals surface area (Å²) in [5.41, 5.74) is 3.13. The number of ether oxygens (including phenoxy) is 1. The molecule has 1 N–H and O–H groups in total. The minimum Gasteiger partial charge on any atom is -0.459 e. The molecule has 1 unspecified atom stereocenters. The Labute approximate surface area is 204 Å². The van der Waals surface area contributed by atoms with Gasteiger partial charge < -0.3 is 10.1 Å². The van der Waals surface area contributed by atoms with Gasteiger partial charge in [-0.2, -0.15) is 4.98 Å². The van der Waals surface area contributed by atoms with Gasteiger partial charge in [0.1, 0.15) is 6.04 Å². The predicted octanol–water partition coefficient (Wildman–Crippen LogP) is 6.23. The van der Waals surface area contributed by atoms with E-state index in [-0.39, 0.29) is 12.1 Å². The van der Waals surface area contributed by atoms with Gasteiger partial charge in [0.2, 0.25) is 11.1 Å². The van der Waals surface area contributed by atoms with Gasteiger partial charge in [-0.1, -0.05) is 69.6 Å². The monoisotopic (exact) mass is 532 g/mol. The quantitative estimate of drug-likeness (QED) is 0.299. The van der Waals surface area contributed by atoms with Crippen LogP contribution in [0.3, 0.4) is 0 Å². The lowest BCUT2D eigenvalue weighted by atomic mass is 9.96. The van der Waals surface area contributed by atoms with Crippen molar-refractivity contribution in [3.8, 4) is 0 Å². The first-order chi connectivity index (χ1) is 15.3. The fourth-order valence-corrected chi connectivity index (χ4v) is 5.01. The number of halogens is 2. The molecule has 0 aliphatic carbocycles. The zero-order valence-corrected chi connectivity index (χ0v) is 21.0. The number of nitrogens with one attached hydrogen (secondary N) is 1. The second-order valence-electron chi connectivity index (χ2n) is 7.62. The fourth-order valence-electron chi connectivity index (χ4n) is 3.48. The average Bonchev–Trinajstić information content (AvgIpc) is 3.13. The third-order valence-electron chi connectivity index (χ3n) is 4.87. The van der Waals surface area contributed by atoms with E-state index in [0.29, 0.717) is 33.2 Å². The summed E-state index contributed by atoms with van der Waals surface area (Å²) in [6.07, 6.45) is -0.232. The molecule has 2 heterocycles. The fraction of sp³-hybridized carbons (Fsp3) is 0.261. The molecule has 2 aromatic carbocycles. The van der Waals surface area contributed by atoms with E-state index in [9.17, 15) is 4.79 Å². The van der Waals surface area contributed by atoms with Crippen LogP contribution in [0.2, 0.25) is 5.02 Å². The molecule has 1 aliphatic rings. The molecule has 1 atom stereocenters. The molecule has 0 saturated carbocycles. The second-order valence-corrected chi connectivity index (χ2v) is 9.88. The van der Waals surface area contributed by atoms with Crippen LogP contribution in [0.1, 0.15) is 37.9 Å². The first kappa shape index (κ1) is 22.9. The topological polar surface area (TPSA) is 69.0 Å². The van der Waals surface area contributed by atoms with Crippen molar-refractivity contribution in [3.63, 3.8) is 0 Å². The van der Waals surface area contributed by atoms with E-state index in [2.05, 4.69) is 26.2 Å². The van der Waals surface area contributed by atoms with Crippen LogP contribution in [-0.4, -0.2) is 26.8 Å². The Hall–Kier alpha value is -2.29. The molecule has 6 nitrogen and oxygen atoms in total. The maximum absolute atomic E-state index is 13.0. The summed E-state index contributed by atoms with van der Waals surface area (Å²) in [6.45, 7) is 5.53. The predicted molar refractivity (Wildman–Crippen MR) is 131 cm³/mol. The highest BCUT2D eigenvalue weighted by Gasteiger charge is 2.35. The Morgan fingerprint density at radius 3 is 2.78 bits per heavy atom. The number of fused-ring (bicyclic) bond motifs is 1. The molecule has 1 aromatic heterocycles. The van der Waals surface area contributed by atoms with E-state index in [0.717, 1.165) is 15.6 Å². The number of nitrogens with zero attached hydrogens (tertiary/aromatic N) is 3. The smallest absolute Gasteiger partial charge is 0.338 e. The maximum Gasteiger partial charge on any atom is 0.338 e. The van der Waals surface area contributed by atoms with E-state index in [1.807, 2.05) is 69.3 Å². The summed E-state index contributed by atoms with van der Waals surface area (Å²) >= 11 is 11.3. The standard InChI is InChI=1S/C23H22BrClN4O2S/c1-13(2)31-21(30)19-14(3)26-22-27-23(32-12-16-7-4-5-10-18(16)25)28-29(22)20(19)15-8-6-9-17(24)11-15/h4-11,13,20H,12H2,1-3H3,(H,26,27,28). The highest BCUT2D eigenvalue weighted by molar-refractivity contribution is 9.10. The summed E-state index contributed by atoms with van der Waals surface area (Å²) in [7, 11) is 0. The number of aromatic nitrogens is 3. The number of anilines is 1. The van der Waals surface area contributed by atoms with Crippen LogP contribution in [0.15, 0.2) is 69.4 Å². The van der Waals surface area contributed by atoms with Crippen molar-refractivity contribution in [2.24, 2.45) is 0 Å². The second kappa shape index (κ2) is 9.68. The van der Waals surface area contributed by atoms with E-state index in [1.54, 1.807) is 4.68 Å². The van der Waals surface area contributed by atoms with Gasteiger partial charge in [0, 0.05) is 20.9 Å². The Morgan fingerprint density at radius 2 is 2.06 bits per heavy atom. The number of hydrogen-bond donors (Lipinski definition) is 1. The molecular formula is C23H22BrClN4O2S. The zero-order valence-electron chi connectivity index (χ0n) is 17.8. The number of thioether (sulfide) groups is 1. The van der Waals surface area contributed by atoms with E-state index in [1.165, 1.54) is 11.8 Å². The molecule has 32 heavy (non-hydrogen) atoms. The minimum atomic E-state index is -0.461. The molecule has 3 aromatic rings. The van der Waals surface area contributed by atoms with E-state index < -0.39 is 6.04 Å². The largest absolute Gasteiger partial charge is 0.459 e. The lowest BCUT2D eigenvalue weighted by Gasteiger charge is -2.28. The van der Waals surface area contributed by atoms with Crippen molar-refractivity contribution in [3.05, 3.63) is 80.4 Å². The van der Waals surface area contributed by atoms with Crippen LogP contribution in [0.4, 0.5) is 5.95 Å². The molecular weight excluding hydrogens is 512 g/mol. The average molecular weight is 534 g/mol. The highest BCUT2D eigenvalue weighted by Crippen LogP contribution is 2.38. The Balaban J connectivity index is 1.71. The molecule has 166 valence electrons. The van der Waals surface area contributed by atoms with Crippen LogP contribution in [-0.2, 0) is 15.3 Å². The third-order valence-corrected chi connectivity index (χ3v) is 6.62. The van der Waals surface area contributed by atoms with Crippen molar-refractivity contribution in [2.45, 2.75) is 43.8 Å². The SMILES string of the molecule is CC1=C(C(=O)OC(C)C)C(c2cccc(Br)c2)n2nc(SCc3ccccc3Cl)nc2N1. The summed E-state index contributed by atoms with van der Waals surface area (Å²) < 4.78 is 8.22. The van der Waals surface area contributed by atoms with Gasteiger partial charge >= 0.3 is 5.97 Å². The molecule has 0 radical (unpaired) electrons. The minimum absolute atomic E-state index is 0.232. The Kier molecular flexibility index (Phi) is 6.93. The van der Waals surface area contributed by atoms with Crippen LogP contribution < -0.4 is 5.32 Å². The van der Waals surface area contributed by atoms with Gasteiger partial charge in [-0.3, -0.25) is 0 Å². The molecule has 0 bridgehead atoms. The third kappa shape index (κ3) is 4.87. The number of allylic oxidation sites excluding steroid dienone is 1. The van der Waals surface area contributed by atoms with Crippen LogP contribution in [0.5, 0.6) is 0 Å². The highest BCUT2D eigenvalue weighted by atomic mass is 79.9. The molecule has 0 amide bonds. The van der Waals surface area contributed by atoms with Crippen molar-refractivity contribution in [1.29, 1.82) is 0 Å². The molecule has 1 aliphatic heterocycles. The van der Waals surface area contributed by atoms with Gasteiger partial charge in [0.25, 0.3) is 0 Å². The van der Waals surface area contributed by atoms with Crippen molar-refractivity contribution < 1.29 is 9.53 Å². The lowest BCUT2D eigenvalue weighted by molar-refractivity contribution is -0.143. The molecule has 0 saturated heterocycles. The number of carbonyl (C=O) groups excluding carboxylic acids is 1. The zero-order chi connectivity index (χ0) is 22.8. The van der Waals surface area contributed by atoms with Gasteiger partial charge in [0.05, 0.1) is 11.7 Å². The van der Waals surface area contributed by atoms with E-state index >= 15 is 0 Å². The molecule has 9 heteroatoms. The van der Waals surface area contributed by atoms with Crippen LogP contribution in [0, 0.1) is 0 Å². The van der Waals surface area contributed by atoms with Crippen LogP contribution >= 0.6 is 39.3 Å². The van der Waals surface area contributed by atoms with Gasteiger partial charge in [0.15, 0.2) is 0 Å². The van der Waals surface area contributed by atoms with Gasteiger partial charge in [-0.15, -0.1) is 5.10 Å². The van der Waals surface area contributed by atoms with Crippen molar-refractivity contribution >= 4 is 51.2 Å². The normalized spacial score (nSPS) is 15.5. The number of hydrogen-bond acceptors (Lipinski definition) is 6. The maximum atomic E-state index is 13.0. The number of benzene rings is 2. The Bertz CT molecular complexity index is 1190. The number of rotatable bonds is 6. The number of carbonyl (C=O) groups is 1. The summed E-state index contributed by atoms with van der Waals surface area (Å²) in [4.78, 5) is 17.7. The summed E-state index contributed by atoms with van der Waals surface area (Å²) in [5.74, 6) is 0.843. The molecule has 4 rings (SSSR count). The van der Waals surface area contributed by atoms with E-state index in [4.69, 9.17) is 21.4 Å². The summed E-state index contributed by atoms with van der Waals surface area (Å²) in [6, 6.07) is 15.1.